The number of hydrogen-bond donors (Lipinski definition) is 0. The molecular weight excluding hydrogens is 330 g/mol. The van der Waals surface area contributed by atoms with Crippen molar-refractivity contribution in [2.75, 3.05) is 11.5 Å². The number of aryl methyl sites for hydroxylation is 1. The first kappa shape index (κ1) is 17.2. The summed E-state index contributed by atoms with van der Waals surface area (Å²) in [5.74, 6) is 0.808. The Morgan fingerprint density at radius 2 is 1.76 bits per heavy atom. The second-order valence-electron chi connectivity index (χ2n) is 5.76. The van der Waals surface area contributed by atoms with E-state index in [1.54, 1.807) is 11.3 Å². The quantitative estimate of drug-likeness (QED) is 0.603. The van der Waals surface area contributed by atoms with Crippen molar-refractivity contribution in [2.24, 2.45) is 0 Å². The molecular formula is C21H21NO2S. The minimum absolute atomic E-state index is 0.00226. The highest BCUT2D eigenvalue weighted by atomic mass is 32.1. The topological polar surface area (TPSA) is 29.5 Å². The van der Waals surface area contributed by atoms with Gasteiger partial charge in [-0.05, 0) is 61.7 Å². The van der Waals surface area contributed by atoms with Crippen LogP contribution in [0.2, 0.25) is 0 Å². The molecule has 1 heterocycles. The van der Waals surface area contributed by atoms with Crippen LogP contribution in [0.5, 0.6) is 5.75 Å². The Kier molecular flexibility index (Phi) is 5.51. The van der Waals surface area contributed by atoms with Gasteiger partial charge in [0.1, 0.15) is 5.75 Å². The molecule has 0 N–H and O–H groups in total. The number of ether oxygens (including phenoxy) is 1. The fourth-order valence-corrected chi connectivity index (χ4v) is 3.27. The van der Waals surface area contributed by atoms with Crippen molar-refractivity contribution >= 4 is 22.9 Å². The van der Waals surface area contributed by atoms with Gasteiger partial charge in [-0.1, -0.05) is 23.8 Å². The van der Waals surface area contributed by atoms with Crippen LogP contribution in [0.25, 0.3) is 0 Å². The van der Waals surface area contributed by atoms with E-state index in [1.165, 1.54) is 0 Å². The van der Waals surface area contributed by atoms with Crippen LogP contribution in [-0.2, 0) is 6.54 Å². The molecule has 0 saturated heterocycles. The normalized spacial score (nSPS) is 10.5. The smallest absolute Gasteiger partial charge is 0.258 e. The molecule has 25 heavy (non-hydrogen) atoms. The van der Waals surface area contributed by atoms with E-state index in [-0.39, 0.29) is 5.91 Å². The zero-order valence-corrected chi connectivity index (χ0v) is 15.3. The van der Waals surface area contributed by atoms with Crippen molar-refractivity contribution < 1.29 is 9.53 Å². The SMILES string of the molecule is CCOc1ccc(N(Cc2cccs2)C(=O)c2ccc(C)cc2)cc1. The first-order valence-electron chi connectivity index (χ1n) is 8.31. The molecule has 1 aromatic heterocycles. The molecule has 0 spiro atoms. The van der Waals surface area contributed by atoms with E-state index in [9.17, 15) is 4.79 Å². The third kappa shape index (κ3) is 4.28. The number of anilines is 1. The largest absolute Gasteiger partial charge is 0.494 e. The lowest BCUT2D eigenvalue weighted by atomic mass is 10.1. The highest BCUT2D eigenvalue weighted by molar-refractivity contribution is 7.09. The summed E-state index contributed by atoms with van der Waals surface area (Å²) in [6, 6.07) is 19.4. The minimum atomic E-state index is -0.00226. The van der Waals surface area contributed by atoms with Gasteiger partial charge < -0.3 is 9.64 Å². The molecule has 0 unspecified atom stereocenters. The van der Waals surface area contributed by atoms with Crippen LogP contribution in [0.1, 0.15) is 27.7 Å². The summed E-state index contributed by atoms with van der Waals surface area (Å²) in [5, 5.41) is 2.03. The summed E-state index contributed by atoms with van der Waals surface area (Å²) in [5.41, 5.74) is 2.70. The predicted molar refractivity (Wildman–Crippen MR) is 104 cm³/mol. The average Bonchev–Trinajstić information content (AvgIpc) is 3.14. The van der Waals surface area contributed by atoms with Crippen molar-refractivity contribution in [3.8, 4) is 5.75 Å². The number of rotatable bonds is 6. The molecule has 1 amide bonds. The number of benzene rings is 2. The lowest BCUT2D eigenvalue weighted by molar-refractivity contribution is 0.0985. The number of nitrogens with zero attached hydrogens (tertiary/aromatic N) is 1. The molecule has 0 aliphatic heterocycles. The van der Waals surface area contributed by atoms with Crippen molar-refractivity contribution in [1.29, 1.82) is 0 Å². The first-order chi connectivity index (χ1) is 12.2. The highest BCUT2D eigenvalue weighted by Crippen LogP contribution is 2.25. The van der Waals surface area contributed by atoms with Crippen molar-refractivity contribution in [1.82, 2.24) is 0 Å². The number of thiophene rings is 1. The molecule has 128 valence electrons. The van der Waals surface area contributed by atoms with E-state index in [2.05, 4.69) is 6.07 Å². The van der Waals surface area contributed by atoms with Crippen LogP contribution >= 0.6 is 11.3 Å². The monoisotopic (exact) mass is 351 g/mol. The van der Waals surface area contributed by atoms with Crippen LogP contribution in [-0.4, -0.2) is 12.5 Å². The van der Waals surface area contributed by atoms with Crippen LogP contribution < -0.4 is 9.64 Å². The number of hydrogen-bond acceptors (Lipinski definition) is 3. The Balaban J connectivity index is 1.91. The molecule has 4 heteroatoms. The third-order valence-electron chi connectivity index (χ3n) is 3.90. The Morgan fingerprint density at radius 3 is 2.36 bits per heavy atom. The second kappa shape index (κ2) is 7.99. The van der Waals surface area contributed by atoms with Crippen LogP contribution in [0, 0.1) is 6.92 Å². The zero-order chi connectivity index (χ0) is 17.6. The maximum absolute atomic E-state index is 13.1. The first-order valence-corrected chi connectivity index (χ1v) is 9.19. The van der Waals surface area contributed by atoms with Gasteiger partial charge in [0, 0.05) is 16.1 Å². The van der Waals surface area contributed by atoms with Crippen LogP contribution in [0.4, 0.5) is 5.69 Å². The summed E-state index contributed by atoms with van der Waals surface area (Å²) in [6.45, 7) is 5.15. The minimum Gasteiger partial charge on any atom is -0.494 e. The Hall–Kier alpha value is -2.59. The molecule has 3 rings (SSSR count). The van der Waals surface area contributed by atoms with Gasteiger partial charge in [0.2, 0.25) is 0 Å². The van der Waals surface area contributed by atoms with Gasteiger partial charge in [-0.15, -0.1) is 11.3 Å². The van der Waals surface area contributed by atoms with E-state index < -0.39 is 0 Å². The van der Waals surface area contributed by atoms with Gasteiger partial charge in [0.05, 0.1) is 13.2 Å². The zero-order valence-electron chi connectivity index (χ0n) is 14.4. The molecule has 0 saturated carbocycles. The van der Waals surface area contributed by atoms with Gasteiger partial charge >= 0.3 is 0 Å². The fraction of sp³-hybridized carbons (Fsp3) is 0.190. The van der Waals surface area contributed by atoms with E-state index in [0.29, 0.717) is 18.7 Å². The number of carbonyl (C=O) groups excluding carboxylic acids is 1. The molecule has 3 aromatic rings. The summed E-state index contributed by atoms with van der Waals surface area (Å²) in [4.78, 5) is 16.1. The van der Waals surface area contributed by atoms with Gasteiger partial charge in [0.15, 0.2) is 0 Å². The molecule has 0 bridgehead atoms. The molecule has 0 radical (unpaired) electrons. The summed E-state index contributed by atoms with van der Waals surface area (Å²) in [7, 11) is 0. The maximum atomic E-state index is 13.1. The maximum Gasteiger partial charge on any atom is 0.258 e. The molecule has 0 aliphatic carbocycles. The molecule has 0 fully saturated rings. The van der Waals surface area contributed by atoms with E-state index in [1.807, 2.05) is 78.7 Å². The Morgan fingerprint density at radius 1 is 1.04 bits per heavy atom. The lowest BCUT2D eigenvalue weighted by Crippen LogP contribution is -2.30. The average molecular weight is 351 g/mol. The van der Waals surface area contributed by atoms with Gasteiger partial charge in [-0.25, -0.2) is 0 Å². The molecule has 3 nitrogen and oxygen atoms in total. The van der Waals surface area contributed by atoms with Crippen molar-refractivity contribution in [3.63, 3.8) is 0 Å². The Labute approximate surface area is 152 Å². The summed E-state index contributed by atoms with van der Waals surface area (Å²) >= 11 is 1.65. The van der Waals surface area contributed by atoms with Crippen molar-refractivity contribution in [2.45, 2.75) is 20.4 Å². The van der Waals surface area contributed by atoms with E-state index in [0.717, 1.165) is 21.9 Å². The van der Waals surface area contributed by atoms with E-state index in [4.69, 9.17) is 4.74 Å². The van der Waals surface area contributed by atoms with Crippen LogP contribution in [0.15, 0.2) is 66.0 Å². The summed E-state index contributed by atoms with van der Waals surface area (Å²) in [6.07, 6.45) is 0. The van der Waals surface area contributed by atoms with Crippen LogP contribution in [0.3, 0.4) is 0 Å². The number of carbonyl (C=O) groups is 1. The molecule has 0 aliphatic rings. The standard InChI is InChI=1S/C21H21NO2S/c1-3-24-19-12-10-18(11-13-19)22(15-20-5-4-14-25-20)21(23)17-8-6-16(2)7-9-17/h4-14H,3,15H2,1-2H3. The fourth-order valence-electron chi connectivity index (χ4n) is 2.58. The van der Waals surface area contributed by atoms with E-state index >= 15 is 0 Å². The van der Waals surface area contributed by atoms with Gasteiger partial charge in [-0.3, -0.25) is 4.79 Å². The Bertz CT molecular complexity index is 808. The third-order valence-corrected chi connectivity index (χ3v) is 4.76. The lowest BCUT2D eigenvalue weighted by Gasteiger charge is -2.23. The highest BCUT2D eigenvalue weighted by Gasteiger charge is 2.18. The van der Waals surface area contributed by atoms with Gasteiger partial charge in [0.25, 0.3) is 5.91 Å². The predicted octanol–water partition coefficient (Wildman–Crippen LogP) is 5.30. The van der Waals surface area contributed by atoms with Crippen molar-refractivity contribution in [3.05, 3.63) is 82.0 Å². The molecule has 0 atom stereocenters. The second-order valence-corrected chi connectivity index (χ2v) is 6.80. The summed E-state index contributed by atoms with van der Waals surface area (Å²) < 4.78 is 5.50. The molecule has 2 aromatic carbocycles. The van der Waals surface area contributed by atoms with Gasteiger partial charge in [-0.2, -0.15) is 0 Å². The number of amides is 1.